The fraction of sp³-hybridized carbons (Fsp3) is 0.471. The van der Waals surface area contributed by atoms with Crippen molar-refractivity contribution in [1.29, 1.82) is 0 Å². The van der Waals surface area contributed by atoms with Crippen molar-refractivity contribution in [3.63, 3.8) is 0 Å². The van der Waals surface area contributed by atoms with E-state index in [0.717, 1.165) is 36.8 Å². The van der Waals surface area contributed by atoms with Crippen LogP contribution in [0.4, 0.5) is 5.69 Å². The van der Waals surface area contributed by atoms with Gasteiger partial charge >= 0.3 is 0 Å². The van der Waals surface area contributed by atoms with E-state index < -0.39 is 0 Å². The van der Waals surface area contributed by atoms with Gasteiger partial charge in [-0.3, -0.25) is 4.68 Å². The van der Waals surface area contributed by atoms with E-state index in [2.05, 4.69) is 35.2 Å². The van der Waals surface area contributed by atoms with Gasteiger partial charge in [-0.1, -0.05) is 17.7 Å². The highest BCUT2D eigenvalue weighted by molar-refractivity contribution is 6.30. The summed E-state index contributed by atoms with van der Waals surface area (Å²) in [5, 5.41) is 8.96. The summed E-state index contributed by atoms with van der Waals surface area (Å²) < 4.78 is 1.96. The van der Waals surface area contributed by atoms with Crippen LogP contribution in [0.25, 0.3) is 0 Å². The Morgan fingerprint density at radius 1 is 1.36 bits per heavy atom. The molecule has 0 spiro atoms. The molecule has 1 saturated heterocycles. The molecular weight excluding hydrogens is 296 g/mol. The first-order chi connectivity index (χ1) is 10.5. The first-order valence-corrected chi connectivity index (χ1v) is 8.15. The van der Waals surface area contributed by atoms with Crippen LogP contribution in [0.1, 0.15) is 23.4 Å². The van der Waals surface area contributed by atoms with Crippen LogP contribution in [0.15, 0.2) is 24.3 Å². The monoisotopic (exact) mass is 318 g/mol. The average Bonchev–Trinajstić information content (AvgIpc) is 3.04. The Bertz CT molecular complexity index is 665. The van der Waals surface area contributed by atoms with Gasteiger partial charge in [0.15, 0.2) is 0 Å². The van der Waals surface area contributed by atoms with E-state index in [0.29, 0.717) is 6.04 Å². The molecular formula is C17H23ClN4. The zero-order chi connectivity index (χ0) is 15.7. The van der Waals surface area contributed by atoms with Crippen LogP contribution < -0.4 is 10.2 Å². The topological polar surface area (TPSA) is 33.1 Å². The standard InChI is InChI=1S/C17H23ClN4/c1-12-17(13(2)21(3)20-12)10-19-15-7-8-22(11-15)16-6-4-5-14(18)9-16/h4-6,9,15,19H,7-8,10-11H2,1-3H3/t15-/m0/s1. The molecule has 1 aliphatic rings. The van der Waals surface area contributed by atoms with Crippen LogP contribution in [0, 0.1) is 13.8 Å². The van der Waals surface area contributed by atoms with E-state index in [1.807, 2.05) is 29.9 Å². The summed E-state index contributed by atoms with van der Waals surface area (Å²) in [5.41, 5.74) is 4.90. The van der Waals surface area contributed by atoms with Crippen molar-refractivity contribution in [3.8, 4) is 0 Å². The van der Waals surface area contributed by atoms with Gasteiger partial charge in [-0.25, -0.2) is 0 Å². The Morgan fingerprint density at radius 2 is 2.18 bits per heavy atom. The Balaban J connectivity index is 1.59. The number of halogens is 1. The smallest absolute Gasteiger partial charge is 0.0641 e. The molecule has 4 nitrogen and oxygen atoms in total. The summed E-state index contributed by atoms with van der Waals surface area (Å²) in [4.78, 5) is 2.40. The molecule has 1 atom stereocenters. The van der Waals surface area contributed by atoms with Gasteiger partial charge in [0.2, 0.25) is 0 Å². The second-order valence-electron chi connectivity index (χ2n) is 6.07. The van der Waals surface area contributed by atoms with Crippen molar-refractivity contribution < 1.29 is 0 Å². The van der Waals surface area contributed by atoms with Gasteiger partial charge in [0.25, 0.3) is 0 Å². The maximum atomic E-state index is 6.09. The number of hydrogen-bond donors (Lipinski definition) is 1. The quantitative estimate of drug-likeness (QED) is 0.940. The second kappa shape index (κ2) is 6.31. The van der Waals surface area contributed by atoms with E-state index in [-0.39, 0.29) is 0 Å². The van der Waals surface area contributed by atoms with Gasteiger partial charge in [-0.15, -0.1) is 0 Å². The first kappa shape index (κ1) is 15.4. The number of rotatable bonds is 4. The largest absolute Gasteiger partial charge is 0.370 e. The molecule has 0 radical (unpaired) electrons. The Labute approximate surface area is 137 Å². The molecule has 0 bridgehead atoms. The van der Waals surface area contributed by atoms with E-state index in [1.54, 1.807) is 0 Å². The predicted octanol–water partition coefficient (Wildman–Crippen LogP) is 3.06. The first-order valence-electron chi connectivity index (χ1n) is 7.77. The number of hydrogen-bond acceptors (Lipinski definition) is 3. The molecule has 118 valence electrons. The third-order valence-corrected chi connectivity index (χ3v) is 4.82. The van der Waals surface area contributed by atoms with Gasteiger partial charge in [0, 0.05) is 54.7 Å². The van der Waals surface area contributed by atoms with Crippen molar-refractivity contribution in [2.75, 3.05) is 18.0 Å². The highest BCUT2D eigenvalue weighted by atomic mass is 35.5. The molecule has 2 heterocycles. The lowest BCUT2D eigenvalue weighted by Crippen LogP contribution is -2.32. The molecule has 0 saturated carbocycles. The Kier molecular flexibility index (Phi) is 4.41. The van der Waals surface area contributed by atoms with E-state index in [9.17, 15) is 0 Å². The van der Waals surface area contributed by atoms with Crippen molar-refractivity contribution in [2.45, 2.75) is 32.9 Å². The SMILES string of the molecule is Cc1nn(C)c(C)c1CN[C@H]1CCN(c2cccc(Cl)c2)C1. The van der Waals surface area contributed by atoms with E-state index in [1.165, 1.54) is 16.9 Å². The number of aryl methyl sites for hydroxylation is 2. The molecule has 0 amide bonds. The molecule has 5 heteroatoms. The van der Waals surface area contributed by atoms with Crippen molar-refractivity contribution in [1.82, 2.24) is 15.1 Å². The van der Waals surface area contributed by atoms with Gasteiger partial charge in [-0.05, 0) is 38.5 Å². The minimum atomic E-state index is 0.512. The Morgan fingerprint density at radius 3 is 2.86 bits per heavy atom. The molecule has 0 aliphatic carbocycles. The summed E-state index contributed by atoms with van der Waals surface area (Å²) >= 11 is 6.09. The maximum Gasteiger partial charge on any atom is 0.0641 e. The third kappa shape index (κ3) is 3.13. The lowest BCUT2D eigenvalue weighted by atomic mass is 10.1. The molecule has 1 N–H and O–H groups in total. The lowest BCUT2D eigenvalue weighted by Gasteiger charge is -2.19. The molecule has 1 fully saturated rings. The van der Waals surface area contributed by atoms with E-state index in [4.69, 9.17) is 11.6 Å². The molecule has 0 unspecified atom stereocenters. The van der Waals surface area contributed by atoms with Crippen molar-refractivity contribution in [2.24, 2.45) is 7.05 Å². The van der Waals surface area contributed by atoms with Crippen LogP contribution in [0.3, 0.4) is 0 Å². The second-order valence-corrected chi connectivity index (χ2v) is 6.50. The minimum absolute atomic E-state index is 0.512. The maximum absolute atomic E-state index is 6.09. The van der Waals surface area contributed by atoms with Crippen LogP contribution in [-0.2, 0) is 13.6 Å². The van der Waals surface area contributed by atoms with Gasteiger partial charge < -0.3 is 10.2 Å². The minimum Gasteiger partial charge on any atom is -0.370 e. The molecule has 2 aromatic rings. The lowest BCUT2D eigenvalue weighted by molar-refractivity contribution is 0.549. The highest BCUT2D eigenvalue weighted by Crippen LogP contribution is 2.23. The summed E-state index contributed by atoms with van der Waals surface area (Å²) in [6.07, 6.45) is 1.16. The molecule has 22 heavy (non-hydrogen) atoms. The highest BCUT2D eigenvalue weighted by Gasteiger charge is 2.23. The van der Waals surface area contributed by atoms with Gasteiger partial charge in [-0.2, -0.15) is 5.10 Å². The number of nitrogens with one attached hydrogen (secondary N) is 1. The number of anilines is 1. The summed E-state index contributed by atoms with van der Waals surface area (Å²) in [6, 6.07) is 8.62. The summed E-state index contributed by atoms with van der Waals surface area (Å²) in [6.45, 7) is 7.20. The fourth-order valence-electron chi connectivity index (χ4n) is 3.15. The molecule has 3 rings (SSSR count). The predicted molar refractivity (Wildman–Crippen MR) is 91.6 cm³/mol. The zero-order valence-electron chi connectivity index (χ0n) is 13.4. The van der Waals surface area contributed by atoms with Crippen molar-refractivity contribution in [3.05, 3.63) is 46.2 Å². The fourth-order valence-corrected chi connectivity index (χ4v) is 3.34. The Hall–Kier alpha value is -1.52. The number of nitrogens with zero attached hydrogens (tertiary/aromatic N) is 3. The van der Waals surface area contributed by atoms with Crippen LogP contribution in [0.2, 0.25) is 5.02 Å². The van der Waals surface area contributed by atoms with Crippen molar-refractivity contribution >= 4 is 17.3 Å². The number of aromatic nitrogens is 2. The third-order valence-electron chi connectivity index (χ3n) is 4.59. The van der Waals surface area contributed by atoms with Gasteiger partial charge in [0.1, 0.15) is 0 Å². The average molecular weight is 319 g/mol. The molecule has 1 aliphatic heterocycles. The zero-order valence-corrected chi connectivity index (χ0v) is 14.2. The molecule has 1 aromatic carbocycles. The van der Waals surface area contributed by atoms with E-state index >= 15 is 0 Å². The normalized spacial score (nSPS) is 18.2. The summed E-state index contributed by atoms with van der Waals surface area (Å²) in [5.74, 6) is 0. The van der Waals surface area contributed by atoms with Crippen LogP contribution in [-0.4, -0.2) is 28.9 Å². The number of benzene rings is 1. The van der Waals surface area contributed by atoms with Gasteiger partial charge in [0.05, 0.1) is 5.69 Å². The van der Waals surface area contributed by atoms with Crippen LogP contribution >= 0.6 is 11.6 Å². The summed E-state index contributed by atoms with van der Waals surface area (Å²) in [7, 11) is 2.00. The molecule has 1 aromatic heterocycles. The van der Waals surface area contributed by atoms with Crippen LogP contribution in [0.5, 0.6) is 0 Å².